The van der Waals surface area contributed by atoms with Crippen LogP contribution in [0.15, 0.2) is 84.9 Å². The van der Waals surface area contributed by atoms with Gasteiger partial charge in [-0.3, -0.25) is 4.90 Å². The summed E-state index contributed by atoms with van der Waals surface area (Å²) in [5.41, 5.74) is 7.48. The van der Waals surface area contributed by atoms with Crippen molar-refractivity contribution in [3.63, 3.8) is 0 Å². The van der Waals surface area contributed by atoms with E-state index in [0.717, 1.165) is 60.1 Å². The van der Waals surface area contributed by atoms with Crippen LogP contribution in [0, 0.1) is 0 Å². The highest BCUT2D eigenvalue weighted by atomic mass is 16.5. The van der Waals surface area contributed by atoms with Crippen molar-refractivity contribution >= 4 is 0 Å². The van der Waals surface area contributed by atoms with E-state index in [1.54, 1.807) is 14.2 Å². The van der Waals surface area contributed by atoms with Gasteiger partial charge in [0, 0.05) is 24.7 Å². The van der Waals surface area contributed by atoms with Gasteiger partial charge in [0.2, 0.25) is 0 Å². The molecule has 0 saturated carbocycles. The number of methoxy groups -OCH3 is 2. The van der Waals surface area contributed by atoms with E-state index in [1.165, 1.54) is 22.3 Å². The highest BCUT2D eigenvalue weighted by molar-refractivity contribution is 5.55. The fourth-order valence-electron chi connectivity index (χ4n) is 5.69. The molecule has 0 bridgehead atoms. The number of fused-ring (bicyclic) bond motifs is 4. The molecule has 0 radical (unpaired) electrons. The van der Waals surface area contributed by atoms with Gasteiger partial charge in [0.1, 0.15) is 13.2 Å². The second-order valence-electron chi connectivity index (χ2n) is 9.93. The molecule has 0 aliphatic carbocycles. The van der Waals surface area contributed by atoms with Crippen LogP contribution in [0.25, 0.3) is 0 Å². The molecule has 0 saturated heterocycles. The summed E-state index contributed by atoms with van der Waals surface area (Å²) in [6.45, 7) is 2.85. The standard InChI is InChI=1S/C33H33NO4/c1-35-31-18-26-15-16-34-20-28-25(13-14-30(33(28)36-2)37-21-23-9-5-3-6-10-23)17-29(34)27(26)19-32(31)38-22-24-11-7-4-8-12-24/h3-14,18-19,29H,15-17,20-22H2,1-2H3/t29-/m0/s1. The molecule has 0 N–H and O–H groups in total. The Morgan fingerprint density at radius 3 is 2.05 bits per heavy atom. The van der Waals surface area contributed by atoms with Crippen LogP contribution in [0.5, 0.6) is 23.0 Å². The normalized spacial score (nSPS) is 16.1. The van der Waals surface area contributed by atoms with Crippen LogP contribution >= 0.6 is 0 Å². The van der Waals surface area contributed by atoms with Gasteiger partial charge in [-0.15, -0.1) is 0 Å². The smallest absolute Gasteiger partial charge is 0.165 e. The van der Waals surface area contributed by atoms with Crippen LogP contribution in [-0.4, -0.2) is 25.7 Å². The third kappa shape index (κ3) is 4.82. The summed E-state index contributed by atoms with van der Waals surface area (Å²) in [5.74, 6) is 3.24. The van der Waals surface area contributed by atoms with Gasteiger partial charge >= 0.3 is 0 Å². The number of rotatable bonds is 8. The molecule has 2 aliphatic heterocycles. The van der Waals surface area contributed by atoms with Crippen LogP contribution in [-0.2, 0) is 32.6 Å². The summed E-state index contributed by atoms with van der Waals surface area (Å²) in [5, 5.41) is 0. The van der Waals surface area contributed by atoms with E-state index in [2.05, 4.69) is 53.4 Å². The van der Waals surface area contributed by atoms with Crippen LogP contribution in [0.2, 0.25) is 0 Å². The summed E-state index contributed by atoms with van der Waals surface area (Å²) in [6, 6.07) is 29.4. The molecule has 0 spiro atoms. The number of benzene rings is 4. The zero-order valence-electron chi connectivity index (χ0n) is 22.0. The molecule has 0 fully saturated rings. The lowest BCUT2D eigenvalue weighted by Gasteiger charge is -2.42. The molecule has 2 aliphatic rings. The highest BCUT2D eigenvalue weighted by Gasteiger charge is 2.35. The Morgan fingerprint density at radius 1 is 0.711 bits per heavy atom. The Morgan fingerprint density at radius 2 is 1.39 bits per heavy atom. The number of hydrogen-bond donors (Lipinski definition) is 0. The van der Waals surface area contributed by atoms with E-state index in [4.69, 9.17) is 18.9 Å². The van der Waals surface area contributed by atoms with E-state index >= 15 is 0 Å². The lowest BCUT2D eigenvalue weighted by molar-refractivity contribution is 0.156. The van der Waals surface area contributed by atoms with E-state index in [0.29, 0.717) is 13.2 Å². The Kier molecular flexibility index (Phi) is 6.93. The lowest BCUT2D eigenvalue weighted by Crippen LogP contribution is -2.39. The van der Waals surface area contributed by atoms with Gasteiger partial charge in [-0.05, 0) is 58.9 Å². The van der Waals surface area contributed by atoms with Gasteiger partial charge in [0.05, 0.1) is 14.2 Å². The number of nitrogens with zero attached hydrogens (tertiary/aromatic N) is 1. The zero-order chi connectivity index (χ0) is 25.9. The van der Waals surface area contributed by atoms with Gasteiger partial charge in [-0.2, -0.15) is 0 Å². The monoisotopic (exact) mass is 507 g/mol. The minimum absolute atomic E-state index is 0.289. The van der Waals surface area contributed by atoms with Crippen LogP contribution < -0.4 is 18.9 Å². The first-order valence-corrected chi connectivity index (χ1v) is 13.2. The van der Waals surface area contributed by atoms with E-state index < -0.39 is 0 Å². The maximum Gasteiger partial charge on any atom is 0.165 e. The molecule has 38 heavy (non-hydrogen) atoms. The molecule has 1 atom stereocenters. The SMILES string of the molecule is COc1cc2c(cc1OCc1ccccc1)[C@@H]1Cc3ccc(OCc4ccccc4)c(OC)c3CN1CC2. The predicted octanol–water partition coefficient (Wildman–Crippen LogP) is 6.52. The fourth-order valence-corrected chi connectivity index (χ4v) is 5.69. The van der Waals surface area contributed by atoms with Crippen LogP contribution in [0.1, 0.15) is 39.4 Å². The van der Waals surface area contributed by atoms with E-state index in [1.807, 2.05) is 36.4 Å². The van der Waals surface area contributed by atoms with E-state index in [9.17, 15) is 0 Å². The summed E-state index contributed by atoms with van der Waals surface area (Å²) in [7, 11) is 3.46. The topological polar surface area (TPSA) is 40.2 Å². The molecular weight excluding hydrogens is 474 g/mol. The van der Waals surface area contributed by atoms with Crippen molar-refractivity contribution in [2.75, 3.05) is 20.8 Å². The minimum atomic E-state index is 0.289. The molecule has 6 rings (SSSR count). The summed E-state index contributed by atoms with van der Waals surface area (Å²) < 4.78 is 24.1. The molecule has 5 heteroatoms. The van der Waals surface area contributed by atoms with Crippen molar-refractivity contribution < 1.29 is 18.9 Å². The zero-order valence-corrected chi connectivity index (χ0v) is 22.0. The van der Waals surface area contributed by atoms with Crippen molar-refractivity contribution in [3.05, 3.63) is 118 Å². The Bertz CT molecular complexity index is 1400. The average Bonchev–Trinajstić information content (AvgIpc) is 2.98. The molecule has 4 aromatic rings. The Balaban J connectivity index is 1.26. The second kappa shape index (κ2) is 10.8. The van der Waals surface area contributed by atoms with Crippen molar-refractivity contribution in [1.29, 1.82) is 0 Å². The van der Waals surface area contributed by atoms with Gasteiger partial charge in [-0.1, -0.05) is 66.7 Å². The molecule has 194 valence electrons. The van der Waals surface area contributed by atoms with Crippen molar-refractivity contribution in [1.82, 2.24) is 4.90 Å². The molecule has 4 aromatic carbocycles. The summed E-state index contributed by atoms with van der Waals surface area (Å²) >= 11 is 0. The molecule has 0 aromatic heterocycles. The molecule has 0 unspecified atom stereocenters. The number of ether oxygens (including phenoxy) is 4. The molecular formula is C33H33NO4. The second-order valence-corrected chi connectivity index (χ2v) is 9.93. The minimum Gasteiger partial charge on any atom is -0.493 e. The van der Waals surface area contributed by atoms with Gasteiger partial charge in [-0.25, -0.2) is 0 Å². The maximum atomic E-state index is 6.26. The maximum absolute atomic E-state index is 6.26. The van der Waals surface area contributed by atoms with Crippen molar-refractivity contribution in [2.45, 2.75) is 38.6 Å². The van der Waals surface area contributed by atoms with Gasteiger partial charge in [0.25, 0.3) is 0 Å². The predicted molar refractivity (Wildman–Crippen MR) is 148 cm³/mol. The molecule has 2 heterocycles. The third-order valence-electron chi connectivity index (χ3n) is 7.67. The first kappa shape index (κ1) is 24.4. The number of hydrogen-bond acceptors (Lipinski definition) is 5. The van der Waals surface area contributed by atoms with Gasteiger partial charge in [0.15, 0.2) is 23.0 Å². The van der Waals surface area contributed by atoms with Crippen LogP contribution in [0.4, 0.5) is 0 Å². The first-order chi connectivity index (χ1) is 18.7. The Labute approximate surface area is 224 Å². The lowest BCUT2D eigenvalue weighted by atomic mass is 9.83. The highest BCUT2D eigenvalue weighted by Crippen LogP contribution is 2.46. The molecule has 0 amide bonds. The quantitative estimate of drug-likeness (QED) is 0.272. The Hall–Kier alpha value is -3.96. The van der Waals surface area contributed by atoms with Gasteiger partial charge < -0.3 is 18.9 Å². The third-order valence-corrected chi connectivity index (χ3v) is 7.67. The average molecular weight is 508 g/mol. The summed E-state index contributed by atoms with van der Waals surface area (Å²) in [6.07, 6.45) is 1.89. The van der Waals surface area contributed by atoms with Crippen molar-refractivity contribution in [2.24, 2.45) is 0 Å². The van der Waals surface area contributed by atoms with E-state index in [-0.39, 0.29) is 6.04 Å². The molecule has 5 nitrogen and oxygen atoms in total. The fraction of sp³-hybridized carbons (Fsp3) is 0.273. The largest absolute Gasteiger partial charge is 0.493 e. The van der Waals surface area contributed by atoms with Crippen molar-refractivity contribution in [3.8, 4) is 23.0 Å². The van der Waals surface area contributed by atoms with Crippen LogP contribution in [0.3, 0.4) is 0 Å². The summed E-state index contributed by atoms with van der Waals surface area (Å²) in [4.78, 5) is 2.56. The first-order valence-electron chi connectivity index (χ1n) is 13.2.